The van der Waals surface area contributed by atoms with Gasteiger partial charge in [-0.1, -0.05) is 30.3 Å². The van der Waals surface area contributed by atoms with Crippen molar-refractivity contribution in [2.45, 2.75) is 39.7 Å². The lowest BCUT2D eigenvalue weighted by Crippen LogP contribution is -2.14. The summed E-state index contributed by atoms with van der Waals surface area (Å²) in [5, 5.41) is 0. The highest BCUT2D eigenvalue weighted by molar-refractivity contribution is 6.03. The maximum atomic E-state index is 4.83. The van der Waals surface area contributed by atoms with Gasteiger partial charge in [-0.2, -0.15) is 0 Å². The third kappa shape index (κ3) is 3.84. The van der Waals surface area contributed by atoms with E-state index in [0.29, 0.717) is 0 Å². The van der Waals surface area contributed by atoms with Crippen molar-refractivity contribution >= 4 is 11.3 Å². The first kappa shape index (κ1) is 15.6. The summed E-state index contributed by atoms with van der Waals surface area (Å²) in [6.07, 6.45) is 5.55. The van der Waals surface area contributed by atoms with E-state index in [1.165, 1.54) is 22.4 Å². The van der Waals surface area contributed by atoms with Gasteiger partial charge in [-0.3, -0.25) is 4.99 Å². The van der Waals surface area contributed by atoms with E-state index in [1.807, 2.05) is 0 Å². The number of rotatable bonds is 3. The summed E-state index contributed by atoms with van der Waals surface area (Å²) in [6.45, 7) is 8.53. The zero-order valence-electron chi connectivity index (χ0n) is 14.1. The summed E-state index contributed by atoms with van der Waals surface area (Å²) in [5.74, 6) is 0. The minimum absolute atomic E-state index is 0.0473. The molecule has 0 fully saturated rings. The molecular formula is C19H26N2. The van der Waals surface area contributed by atoms with Crippen LogP contribution in [0.1, 0.15) is 45.2 Å². The fourth-order valence-electron chi connectivity index (χ4n) is 2.65. The predicted molar refractivity (Wildman–Crippen MR) is 92.8 cm³/mol. The molecule has 0 saturated carbocycles. The molecule has 2 rings (SSSR count). The number of allylic oxidation sites excluding steroid dienone is 3. The van der Waals surface area contributed by atoms with Crippen LogP contribution in [0.3, 0.4) is 0 Å². The Labute approximate surface area is 128 Å². The maximum Gasteiger partial charge on any atom is 0.0527 e. The molecule has 1 aromatic rings. The quantitative estimate of drug-likeness (QED) is 0.744. The fraction of sp³-hybridized carbons (Fsp3) is 0.421. The number of likely N-dealkylation sites (N-methyl/N-ethyl adjacent to an activating group) is 1. The van der Waals surface area contributed by atoms with Gasteiger partial charge in [0, 0.05) is 31.1 Å². The second-order valence-electron chi connectivity index (χ2n) is 6.81. The lowest BCUT2D eigenvalue weighted by molar-refractivity contribution is 0.531. The normalized spacial score (nSPS) is 15.8. The molecule has 0 heterocycles. The van der Waals surface area contributed by atoms with E-state index in [9.17, 15) is 0 Å². The molecule has 1 aromatic carbocycles. The van der Waals surface area contributed by atoms with Crippen LogP contribution in [0.2, 0.25) is 0 Å². The van der Waals surface area contributed by atoms with Crippen molar-refractivity contribution in [1.82, 2.24) is 4.90 Å². The Kier molecular flexibility index (Phi) is 4.36. The fourth-order valence-corrected chi connectivity index (χ4v) is 2.65. The van der Waals surface area contributed by atoms with Gasteiger partial charge in [0.1, 0.15) is 0 Å². The van der Waals surface area contributed by atoms with Crippen LogP contribution in [-0.2, 0) is 0 Å². The van der Waals surface area contributed by atoms with Crippen LogP contribution >= 0.6 is 0 Å². The van der Waals surface area contributed by atoms with Gasteiger partial charge in [0.25, 0.3) is 0 Å². The molecule has 0 saturated heterocycles. The first-order chi connectivity index (χ1) is 9.78. The first-order valence-corrected chi connectivity index (χ1v) is 7.52. The predicted octanol–water partition coefficient (Wildman–Crippen LogP) is 4.53. The highest BCUT2D eigenvalue weighted by Crippen LogP contribution is 2.30. The minimum atomic E-state index is -0.0473. The lowest BCUT2D eigenvalue weighted by Gasteiger charge is -2.17. The van der Waals surface area contributed by atoms with Gasteiger partial charge < -0.3 is 4.90 Å². The summed E-state index contributed by atoms with van der Waals surface area (Å²) in [7, 11) is 4.17. The Morgan fingerprint density at radius 2 is 1.81 bits per heavy atom. The highest BCUT2D eigenvalue weighted by Gasteiger charge is 2.16. The molecule has 1 aliphatic carbocycles. The second-order valence-corrected chi connectivity index (χ2v) is 6.81. The van der Waals surface area contributed by atoms with Gasteiger partial charge in [-0.25, -0.2) is 0 Å². The summed E-state index contributed by atoms with van der Waals surface area (Å²) < 4.78 is 0. The van der Waals surface area contributed by atoms with E-state index < -0.39 is 0 Å². The maximum absolute atomic E-state index is 4.83. The SMILES string of the molecule is CC(=NC(C)(C)C)c1ccccc1C1=CC(N(C)C)=CC1. The van der Waals surface area contributed by atoms with Crippen LogP contribution in [0.5, 0.6) is 0 Å². The molecule has 0 unspecified atom stereocenters. The van der Waals surface area contributed by atoms with Crippen molar-refractivity contribution in [3.05, 3.63) is 53.2 Å². The van der Waals surface area contributed by atoms with Gasteiger partial charge in [-0.15, -0.1) is 0 Å². The van der Waals surface area contributed by atoms with E-state index in [1.54, 1.807) is 0 Å². The molecule has 1 aliphatic rings. The Morgan fingerprint density at radius 1 is 1.14 bits per heavy atom. The molecule has 0 aliphatic heterocycles. The van der Waals surface area contributed by atoms with E-state index in [-0.39, 0.29) is 5.54 Å². The zero-order chi connectivity index (χ0) is 15.6. The highest BCUT2D eigenvalue weighted by atomic mass is 15.1. The average Bonchev–Trinajstić information content (AvgIpc) is 2.86. The largest absolute Gasteiger partial charge is 0.378 e. The molecule has 0 bridgehead atoms. The van der Waals surface area contributed by atoms with Gasteiger partial charge in [0.2, 0.25) is 0 Å². The van der Waals surface area contributed by atoms with Crippen molar-refractivity contribution in [1.29, 1.82) is 0 Å². The summed E-state index contributed by atoms with van der Waals surface area (Å²) in [6, 6.07) is 8.58. The molecule has 0 radical (unpaired) electrons. The van der Waals surface area contributed by atoms with Crippen molar-refractivity contribution in [2.24, 2.45) is 4.99 Å². The van der Waals surface area contributed by atoms with Crippen molar-refractivity contribution in [3.8, 4) is 0 Å². The summed E-state index contributed by atoms with van der Waals surface area (Å²) >= 11 is 0. The molecule has 0 atom stereocenters. The Hall–Kier alpha value is -1.83. The number of nitrogens with zero attached hydrogens (tertiary/aromatic N) is 2. The lowest BCUT2D eigenvalue weighted by atomic mass is 9.96. The molecular weight excluding hydrogens is 256 g/mol. The number of benzene rings is 1. The Bertz CT molecular complexity index is 611. The standard InChI is InChI=1S/C19H26N2/c1-14(20-19(2,3)4)17-9-7-8-10-18(17)15-11-12-16(13-15)21(5)6/h7-10,12-13H,11H2,1-6H3. The van der Waals surface area contributed by atoms with E-state index >= 15 is 0 Å². The van der Waals surface area contributed by atoms with Gasteiger partial charge in [0.05, 0.1) is 5.54 Å². The molecule has 0 spiro atoms. The van der Waals surface area contributed by atoms with E-state index in [0.717, 1.165) is 12.1 Å². The van der Waals surface area contributed by atoms with Gasteiger partial charge in [-0.05, 0) is 51.3 Å². The average molecular weight is 282 g/mol. The van der Waals surface area contributed by atoms with Crippen LogP contribution in [0, 0.1) is 0 Å². The van der Waals surface area contributed by atoms with Gasteiger partial charge in [0.15, 0.2) is 0 Å². The molecule has 112 valence electrons. The minimum Gasteiger partial charge on any atom is -0.378 e. The van der Waals surface area contributed by atoms with Crippen LogP contribution in [0.4, 0.5) is 0 Å². The summed E-state index contributed by atoms with van der Waals surface area (Å²) in [4.78, 5) is 6.99. The van der Waals surface area contributed by atoms with Crippen molar-refractivity contribution < 1.29 is 0 Å². The van der Waals surface area contributed by atoms with Crippen LogP contribution < -0.4 is 0 Å². The smallest absolute Gasteiger partial charge is 0.0527 e. The molecule has 21 heavy (non-hydrogen) atoms. The zero-order valence-corrected chi connectivity index (χ0v) is 14.1. The second kappa shape index (κ2) is 5.88. The number of hydrogen-bond donors (Lipinski definition) is 0. The molecule has 0 aromatic heterocycles. The van der Waals surface area contributed by atoms with Crippen LogP contribution in [0.25, 0.3) is 5.57 Å². The topological polar surface area (TPSA) is 15.6 Å². The van der Waals surface area contributed by atoms with Gasteiger partial charge >= 0.3 is 0 Å². The van der Waals surface area contributed by atoms with Crippen molar-refractivity contribution in [2.75, 3.05) is 14.1 Å². The molecule has 2 heteroatoms. The Morgan fingerprint density at radius 3 is 2.38 bits per heavy atom. The number of aliphatic imine (C=N–C) groups is 1. The monoisotopic (exact) mass is 282 g/mol. The first-order valence-electron chi connectivity index (χ1n) is 7.52. The third-order valence-corrected chi connectivity index (χ3v) is 3.54. The number of hydrogen-bond acceptors (Lipinski definition) is 2. The van der Waals surface area contributed by atoms with Crippen molar-refractivity contribution in [3.63, 3.8) is 0 Å². The van der Waals surface area contributed by atoms with Crippen LogP contribution in [0.15, 0.2) is 47.1 Å². The molecule has 0 N–H and O–H groups in total. The van der Waals surface area contributed by atoms with E-state index in [2.05, 4.69) is 83.1 Å². The Balaban J connectivity index is 2.40. The summed E-state index contributed by atoms with van der Waals surface area (Å²) in [5.41, 5.74) is 6.26. The third-order valence-electron chi connectivity index (χ3n) is 3.54. The molecule has 2 nitrogen and oxygen atoms in total. The van der Waals surface area contributed by atoms with Crippen LogP contribution in [-0.4, -0.2) is 30.2 Å². The van der Waals surface area contributed by atoms with E-state index in [4.69, 9.17) is 4.99 Å². The molecule has 0 amide bonds.